The molecule has 1 amide bonds. The third-order valence-electron chi connectivity index (χ3n) is 4.30. The maximum absolute atomic E-state index is 12.3. The molecule has 4 nitrogen and oxygen atoms in total. The van der Waals surface area contributed by atoms with E-state index in [9.17, 15) is 4.79 Å². The first-order valence-electron chi connectivity index (χ1n) is 7.35. The number of carbonyl (C=O) groups excluding carboxylic acids is 1. The molecule has 2 rings (SSSR count). The number of hydrogen-bond acceptors (Lipinski definition) is 3. The first kappa shape index (κ1) is 13.8. The maximum Gasteiger partial charge on any atom is 0.226 e. The van der Waals surface area contributed by atoms with E-state index < -0.39 is 0 Å². The van der Waals surface area contributed by atoms with E-state index >= 15 is 0 Å². The monoisotopic (exact) mass is 253 g/mol. The summed E-state index contributed by atoms with van der Waals surface area (Å²) in [6, 6.07) is 0. The average Bonchev–Trinajstić information content (AvgIpc) is 2.33. The van der Waals surface area contributed by atoms with Crippen molar-refractivity contribution >= 4 is 5.91 Å². The second kappa shape index (κ2) is 6.53. The van der Waals surface area contributed by atoms with Crippen LogP contribution < -0.4 is 5.32 Å². The first-order valence-corrected chi connectivity index (χ1v) is 7.35. The fraction of sp³-hybridized carbons (Fsp3) is 0.929. The minimum Gasteiger partial charge on any atom is -0.345 e. The normalized spacial score (nSPS) is 23.4. The molecule has 2 aliphatic rings. The van der Waals surface area contributed by atoms with Gasteiger partial charge in [0, 0.05) is 52.2 Å². The molecule has 1 N–H and O–H groups in total. The zero-order valence-corrected chi connectivity index (χ0v) is 11.8. The number of hydrogen-bond donors (Lipinski definition) is 1. The summed E-state index contributed by atoms with van der Waals surface area (Å²) in [4.78, 5) is 16.6. The van der Waals surface area contributed by atoms with Gasteiger partial charge in [-0.15, -0.1) is 0 Å². The highest BCUT2D eigenvalue weighted by atomic mass is 16.2. The minimum atomic E-state index is 0.133. The van der Waals surface area contributed by atoms with Gasteiger partial charge in [-0.05, 0) is 18.8 Å². The van der Waals surface area contributed by atoms with Crippen LogP contribution in [0.15, 0.2) is 0 Å². The van der Waals surface area contributed by atoms with E-state index in [1.165, 1.54) is 19.3 Å². The SMILES string of the molecule is CC(CN1CCNCC1)C(=O)N(C)CC1CCC1. The number of nitrogens with one attached hydrogen (secondary N) is 1. The molecule has 1 atom stereocenters. The van der Waals surface area contributed by atoms with Gasteiger partial charge in [0.2, 0.25) is 5.91 Å². The van der Waals surface area contributed by atoms with Crippen molar-refractivity contribution < 1.29 is 4.79 Å². The van der Waals surface area contributed by atoms with Gasteiger partial charge in [0.05, 0.1) is 0 Å². The summed E-state index contributed by atoms with van der Waals surface area (Å²) in [5, 5.41) is 3.34. The average molecular weight is 253 g/mol. The molecule has 1 heterocycles. The lowest BCUT2D eigenvalue weighted by atomic mass is 9.85. The van der Waals surface area contributed by atoms with E-state index in [4.69, 9.17) is 0 Å². The predicted molar refractivity (Wildman–Crippen MR) is 73.5 cm³/mol. The van der Waals surface area contributed by atoms with E-state index in [0.29, 0.717) is 5.91 Å². The Hall–Kier alpha value is -0.610. The van der Waals surface area contributed by atoms with Gasteiger partial charge >= 0.3 is 0 Å². The van der Waals surface area contributed by atoms with Gasteiger partial charge in [0.15, 0.2) is 0 Å². The summed E-state index contributed by atoms with van der Waals surface area (Å²) in [6.45, 7) is 8.20. The highest BCUT2D eigenvalue weighted by Crippen LogP contribution is 2.27. The van der Waals surface area contributed by atoms with E-state index in [1.807, 2.05) is 11.9 Å². The minimum absolute atomic E-state index is 0.133. The van der Waals surface area contributed by atoms with Crippen LogP contribution in [0.5, 0.6) is 0 Å². The maximum atomic E-state index is 12.3. The van der Waals surface area contributed by atoms with Crippen LogP contribution in [0.25, 0.3) is 0 Å². The summed E-state index contributed by atoms with van der Waals surface area (Å²) in [5.41, 5.74) is 0. The van der Waals surface area contributed by atoms with E-state index in [1.54, 1.807) is 0 Å². The number of carbonyl (C=O) groups is 1. The summed E-state index contributed by atoms with van der Waals surface area (Å²) in [6.07, 6.45) is 3.97. The van der Waals surface area contributed by atoms with Crippen LogP contribution in [0, 0.1) is 11.8 Å². The van der Waals surface area contributed by atoms with Gasteiger partial charge < -0.3 is 15.1 Å². The smallest absolute Gasteiger partial charge is 0.226 e. The Kier molecular flexibility index (Phi) is 5.01. The Labute approximate surface area is 111 Å². The number of rotatable bonds is 5. The molecule has 0 radical (unpaired) electrons. The highest BCUT2D eigenvalue weighted by Gasteiger charge is 2.25. The summed E-state index contributed by atoms with van der Waals surface area (Å²) in [5.74, 6) is 1.22. The summed E-state index contributed by atoms with van der Waals surface area (Å²) >= 11 is 0. The molecule has 1 saturated carbocycles. The molecular formula is C14H27N3O. The molecule has 104 valence electrons. The highest BCUT2D eigenvalue weighted by molar-refractivity contribution is 5.78. The van der Waals surface area contributed by atoms with Crippen molar-refractivity contribution in [3.63, 3.8) is 0 Å². The zero-order chi connectivity index (χ0) is 13.0. The van der Waals surface area contributed by atoms with Crippen molar-refractivity contribution in [3.05, 3.63) is 0 Å². The molecule has 18 heavy (non-hydrogen) atoms. The van der Waals surface area contributed by atoms with E-state index in [2.05, 4.69) is 17.1 Å². The van der Waals surface area contributed by atoms with Crippen molar-refractivity contribution in [2.24, 2.45) is 11.8 Å². The Morgan fingerprint density at radius 3 is 2.61 bits per heavy atom. The molecule has 4 heteroatoms. The lowest BCUT2D eigenvalue weighted by Crippen LogP contribution is -2.47. The van der Waals surface area contributed by atoms with Crippen LogP contribution in [0.4, 0.5) is 0 Å². The number of nitrogens with zero attached hydrogens (tertiary/aromatic N) is 2. The molecule has 1 saturated heterocycles. The van der Waals surface area contributed by atoms with Crippen LogP contribution in [0.1, 0.15) is 26.2 Å². The lowest BCUT2D eigenvalue weighted by molar-refractivity contribution is -0.135. The molecule has 0 spiro atoms. The zero-order valence-electron chi connectivity index (χ0n) is 11.8. The van der Waals surface area contributed by atoms with Crippen molar-refractivity contribution in [2.75, 3.05) is 46.3 Å². The van der Waals surface area contributed by atoms with Gasteiger partial charge in [0.1, 0.15) is 0 Å². The van der Waals surface area contributed by atoms with Gasteiger partial charge in [0.25, 0.3) is 0 Å². The van der Waals surface area contributed by atoms with Crippen LogP contribution >= 0.6 is 0 Å². The van der Waals surface area contributed by atoms with Gasteiger partial charge in [-0.3, -0.25) is 4.79 Å². The standard InChI is InChI=1S/C14H27N3O/c1-12(10-17-8-6-15-7-9-17)14(18)16(2)11-13-4-3-5-13/h12-13,15H,3-11H2,1-2H3. The molecule has 1 unspecified atom stereocenters. The van der Waals surface area contributed by atoms with Crippen molar-refractivity contribution in [1.29, 1.82) is 0 Å². The van der Waals surface area contributed by atoms with E-state index in [0.717, 1.165) is 45.2 Å². The second-order valence-corrected chi connectivity index (χ2v) is 5.97. The third-order valence-corrected chi connectivity index (χ3v) is 4.30. The van der Waals surface area contributed by atoms with Gasteiger partial charge in [-0.2, -0.15) is 0 Å². The Bertz CT molecular complexity index is 272. The second-order valence-electron chi connectivity index (χ2n) is 5.97. The molecule has 0 aromatic heterocycles. The fourth-order valence-electron chi connectivity index (χ4n) is 2.89. The number of amides is 1. The molecule has 0 bridgehead atoms. The van der Waals surface area contributed by atoms with Crippen LogP contribution in [0.2, 0.25) is 0 Å². The van der Waals surface area contributed by atoms with Gasteiger partial charge in [-0.1, -0.05) is 13.3 Å². The number of piperazine rings is 1. The summed E-state index contributed by atoms with van der Waals surface area (Å²) < 4.78 is 0. The van der Waals surface area contributed by atoms with Crippen molar-refractivity contribution in [3.8, 4) is 0 Å². The largest absolute Gasteiger partial charge is 0.345 e. The molecule has 2 fully saturated rings. The molecule has 0 aromatic carbocycles. The Morgan fingerprint density at radius 2 is 2.06 bits per heavy atom. The van der Waals surface area contributed by atoms with Gasteiger partial charge in [-0.25, -0.2) is 0 Å². The van der Waals surface area contributed by atoms with E-state index in [-0.39, 0.29) is 5.92 Å². The molecule has 0 aromatic rings. The Morgan fingerprint density at radius 1 is 1.39 bits per heavy atom. The Balaban J connectivity index is 1.72. The molecular weight excluding hydrogens is 226 g/mol. The first-order chi connectivity index (χ1) is 8.66. The molecule has 1 aliphatic heterocycles. The van der Waals surface area contributed by atoms with Crippen molar-refractivity contribution in [1.82, 2.24) is 15.1 Å². The molecule has 1 aliphatic carbocycles. The predicted octanol–water partition coefficient (Wildman–Crippen LogP) is 0.786. The fourth-order valence-corrected chi connectivity index (χ4v) is 2.89. The van der Waals surface area contributed by atoms with Crippen LogP contribution in [0.3, 0.4) is 0 Å². The third kappa shape index (κ3) is 3.69. The quantitative estimate of drug-likeness (QED) is 0.787. The lowest BCUT2D eigenvalue weighted by Gasteiger charge is -2.33. The van der Waals surface area contributed by atoms with Crippen LogP contribution in [-0.2, 0) is 4.79 Å². The van der Waals surface area contributed by atoms with Crippen LogP contribution in [-0.4, -0.2) is 62.0 Å². The van der Waals surface area contributed by atoms with Crippen molar-refractivity contribution in [2.45, 2.75) is 26.2 Å². The summed E-state index contributed by atoms with van der Waals surface area (Å²) in [7, 11) is 1.97. The topological polar surface area (TPSA) is 35.6 Å².